The molecule has 10 nitrogen and oxygen atoms in total. The number of aryl methyl sites for hydroxylation is 1. The number of pyridine rings is 1. The van der Waals surface area contributed by atoms with Crippen LogP contribution in [0, 0.1) is 22.7 Å². The third kappa shape index (κ3) is 5.04. The average Bonchev–Trinajstić information content (AvgIpc) is 3.46. The van der Waals surface area contributed by atoms with Gasteiger partial charge < -0.3 is 15.0 Å². The minimum Gasteiger partial charge on any atom is -0.392 e. The maximum atomic E-state index is 14.0. The Kier molecular flexibility index (Phi) is 6.63. The minimum absolute atomic E-state index is 0.0286. The number of alkyl halides is 3. The molecule has 0 spiro atoms. The Balaban J connectivity index is 1.52. The molecule has 1 aliphatic heterocycles. The summed E-state index contributed by atoms with van der Waals surface area (Å²) in [6.45, 7) is -1.05. The van der Waals surface area contributed by atoms with Crippen LogP contribution in [0.4, 0.5) is 24.8 Å². The highest BCUT2D eigenvalue weighted by molar-refractivity contribution is 6.10. The molecule has 1 fully saturated rings. The molecule has 2 aromatic carbocycles. The van der Waals surface area contributed by atoms with E-state index < -0.39 is 29.8 Å². The second-order valence-corrected chi connectivity index (χ2v) is 10.7. The van der Waals surface area contributed by atoms with E-state index in [1.807, 2.05) is 0 Å². The molecule has 1 amide bonds. The topological polar surface area (TPSA) is 144 Å². The van der Waals surface area contributed by atoms with Gasteiger partial charge in [-0.3, -0.25) is 9.69 Å². The van der Waals surface area contributed by atoms with Gasteiger partial charge >= 0.3 is 6.18 Å². The molecule has 0 saturated heterocycles. The van der Waals surface area contributed by atoms with Crippen LogP contribution >= 0.6 is 0 Å². The molecule has 0 radical (unpaired) electrons. The summed E-state index contributed by atoms with van der Waals surface area (Å²) in [7, 11) is 1.76. The third-order valence-corrected chi connectivity index (χ3v) is 7.75. The Labute approximate surface area is 243 Å². The van der Waals surface area contributed by atoms with Crippen LogP contribution in [0.2, 0.25) is 0 Å². The molecule has 2 N–H and O–H groups in total. The molecule has 3 heterocycles. The molecular weight excluding hydrogens is 561 g/mol. The van der Waals surface area contributed by atoms with Gasteiger partial charge in [0.15, 0.2) is 5.82 Å². The molecule has 1 aliphatic carbocycles. The van der Waals surface area contributed by atoms with E-state index in [1.54, 1.807) is 41.9 Å². The van der Waals surface area contributed by atoms with Crippen LogP contribution in [0.1, 0.15) is 51.9 Å². The summed E-state index contributed by atoms with van der Waals surface area (Å²) >= 11 is 0. The Hall–Kier alpha value is -5.27. The SMILES string of the molecule is Cn1cnnc1-c1ccc(C#N)cc1-c1cc(NC2(CC#N)CC2)nc(N2Cc3c(cc(CO)cc3C(F)(F)F)C2=O)c1. The van der Waals surface area contributed by atoms with Crippen molar-refractivity contribution in [3.05, 3.63) is 76.6 Å². The fraction of sp³-hybridized carbons (Fsp3) is 0.267. The zero-order valence-electron chi connectivity index (χ0n) is 22.8. The Morgan fingerprint density at radius 2 is 1.88 bits per heavy atom. The zero-order valence-corrected chi connectivity index (χ0v) is 22.8. The fourth-order valence-electron chi connectivity index (χ4n) is 5.37. The number of aliphatic hydroxyl groups is 1. The highest BCUT2D eigenvalue weighted by Gasteiger charge is 2.44. The molecule has 2 aliphatic rings. The van der Waals surface area contributed by atoms with Crippen LogP contribution < -0.4 is 10.2 Å². The number of carbonyl (C=O) groups is 1. The number of benzene rings is 2. The van der Waals surface area contributed by atoms with Crippen molar-refractivity contribution >= 4 is 17.5 Å². The molecular formula is C30H23F3N8O2. The molecule has 216 valence electrons. The molecule has 6 rings (SSSR count). The average molecular weight is 585 g/mol. The van der Waals surface area contributed by atoms with Crippen molar-refractivity contribution in [2.24, 2.45) is 7.05 Å². The number of fused-ring (bicyclic) bond motifs is 1. The number of aliphatic hydroxyl groups excluding tert-OH is 1. The second-order valence-electron chi connectivity index (χ2n) is 10.7. The molecule has 0 atom stereocenters. The number of hydrogen-bond acceptors (Lipinski definition) is 8. The number of aromatic nitrogens is 4. The summed E-state index contributed by atoms with van der Waals surface area (Å²) in [5, 5.41) is 40.1. The molecule has 43 heavy (non-hydrogen) atoms. The van der Waals surface area contributed by atoms with Gasteiger partial charge in [-0.05, 0) is 77.6 Å². The number of hydrogen-bond donors (Lipinski definition) is 2. The van der Waals surface area contributed by atoms with Gasteiger partial charge in [-0.1, -0.05) is 0 Å². The van der Waals surface area contributed by atoms with E-state index in [0.29, 0.717) is 33.9 Å². The predicted octanol–water partition coefficient (Wildman–Crippen LogP) is 4.95. The molecule has 0 unspecified atom stereocenters. The maximum absolute atomic E-state index is 14.0. The van der Waals surface area contributed by atoms with E-state index in [1.165, 1.54) is 12.4 Å². The number of amides is 1. The quantitative estimate of drug-likeness (QED) is 0.311. The standard InChI is InChI=1S/C30H23F3N8O2/c1-40-16-36-39-27(40)20-3-2-17(13-35)8-21(20)19-11-25(38-29(4-5-29)6-7-34)37-26(12-19)41-14-23-22(28(41)43)9-18(15-42)10-24(23)30(31,32)33/h2-3,8-12,16,42H,4-6,14-15H2,1H3,(H,37,38). The fourth-order valence-corrected chi connectivity index (χ4v) is 5.37. The van der Waals surface area contributed by atoms with E-state index in [2.05, 4.69) is 32.6 Å². The lowest BCUT2D eigenvalue weighted by Gasteiger charge is -2.21. The number of carbonyl (C=O) groups excluding carboxylic acids is 1. The first-order chi connectivity index (χ1) is 20.6. The van der Waals surface area contributed by atoms with Crippen molar-refractivity contribution < 1.29 is 23.1 Å². The summed E-state index contributed by atoms with van der Waals surface area (Å²) in [5.41, 5.74) is 0.185. The molecule has 0 bridgehead atoms. The predicted molar refractivity (Wildman–Crippen MR) is 148 cm³/mol. The smallest absolute Gasteiger partial charge is 0.392 e. The number of nitrogens with zero attached hydrogens (tertiary/aromatic N) is 7. The van der Waals surface area contributed by atoms with Crippen LogP contribution in [-0.4, -0.2) is 36.3 Å². The van der Waals surface area contributed by atoms with Crippen molar-refractivity contribution in [2.75, 3.05) is 10.2 Å². The van der Waals surface area contributed by atoms with Gasteiger partial charge in [0, 0.05) is 18.2 Å². The van der Waals surface area contributed by atoms with Crippen molar-refractivity contribution in [1.82, 2.24) is 19.7 Å². The summed E-state index contributed by atoms with van der Waals surface area (Å²) in [4.78, 5) is 19.4. The van der Waals surface area contributed by atoms with E-state index in [9.17, 15) is 33.6 Å². The van der Waals surface area contributed by atoms with Crippen LogP contribution in [0.15, 0.2) is 48.8 Å². The third-order valence-electron chi connectivity index (χ3n) is 7.75. The summed E-state index contributed by atoms with van der Waals surface area (Å²) < 4.78 is 43.7. The second kappa shape index (κ2) is 10.2. The van der Waals surface area contributed by atoms with Crippen molar-refractivity contribution in [1.29, 1.82) is 10.5 Å². The lowest BCUT2D eigenvalue weighted by atomic mass is 9.97. The summed E-state index contributed by atoms with van der Waals surface area (Å²) in [6.07, 6.45) is -1.55. The number of rotatable bonds is 7. The number of nitrogens with one attached hydrogen (secondary N) is 1. The van der Waals surface area contributed by atoms with Gasteiger partial charge in [-0.2, -0.15) is 23.7 Å². The normalized spacial score (nSPS) is 15.1. The van der Waals surface area contributed by atoms with Crippen LogP contribution in [-0.2, 0) is 26.4 Å². The first kappa shape index (κ1) is 27.9. The zero-order chi connectivity index (χ0) is 30.5. The maximum Gasteiger partial charge on any atom is 0.416 e. The molecule has 13 heteroatoms. The molecule has 4 aromatic rings. The lowest BCUT2D eigenvalue weighted by molar-refractivity contribution is -0.138. The highest BCUT2D eigenvalue weighted by atomic mass is 19.4. The van der Waals surface area contributed by atoms with Crippen LogP contribution in [0.3, 0.4) is 0 Å². The largest absolute Gasteiger partial charge is 0.416 e. The number of anilines is 2. The summed E-state index contributed by atoms with van der Waals surface area (Å²) in [6, 6.07) is 14.7. The Bertz CT molecular complexity index is 1860. The lowest BCUT2D eigenvalue weighted by Crippen LogP contribution is -2.26. The molecule has 2 aromatic heterocycles. The Morgan fingerprint density at radius 1 is 1.09 bits per heavy atom. The van der Waals surface area contributed by atoms with E-state index >= 15 is 0 Å². The highest BCUT2D eigenvalue weighted by Crippen LogP contribution is 2.44. The van der Waals surface area contributed by atoms with Crippen LogP contribution in [0.25, 0.3) is 22.5 Å². The van der Waals surface area contributed by atoms with Gasteiger partial charge in [0.1, 0.15) is 18.0 Å². The van der Waals surface area contributed by atoms with Gasteiger partial charge in [-0.25, -0.2) is 4.98 Å². The van der Waals surface area contributed by atoms with Gasteiger partial charge in [-0.15, -0.1) is 10.2 Å². The van der Waals surface area contributed by atoms with Crippen molar-refractivity contribution in [3.8, 4) is 34.7 Å². The van der Waals surface area contributed by atoms with Crippen LogP contribution in [0.5, 0.6) is 0 Å². The monoisotopic (exact) mass is 584 g/mol. The van der Waals surface area contributed by atoms with E-state index in [0.717, 1.165) is 23.8 Å². The minimum atomic E-state index is -4.74. The van der Waals surface area contributed by atoms with E-state index in [4.69, 9.17) is 0 Å². The Morgan fingerprint density at radius 3 is 2.51 bits per heavy atom. The molecule has 1 saturated carbocycles. The first-order valence-electron chi connectivity index (χ1n) is 13.3. The van der Waals surface area contributed by atoms with Gasteiger partial charge in [0.2, 0.25) is 0 Å². The van der Waals surface area contributed by atoms with E-state index in [-0.39, 0.29) is 35.5 Å². The number of halogens is 3. The van der Waals surface area contributed by atoms with Gasteiger partial charge in [0.05, 0.1) is 48.4 Å². The van der Waals surface area contributed by atoms with Crippen molar-refractivity contribution in [2.45, 2.75) is 44.1 Å². The van der Waals surface area contributed by atoms with Gasteiger partial charge in [0.25, 0.3) is 5.91 Å². The summed E-state index contributed by atoms with van der Waals surface area (Å²) in [5.74, 6) is 0.219. The number of nitriles is 2. The van der Waals surface area contributed by atoms with Crippen molar-refractivity contribution in [3.63, 3.8) is 0 Å². The first-order valence-corrected chi connectivity index (χ1v) is 13.3.